The van der Waals surface area contributed by atoms with Gasteiger partial charge in [-0.1, -0.05) is 0 Å². The molecule has 0 aliphatic rings. The number of carbonyl (C=O) groups excluding carboxylic acids is 1. The number of anilines is 1. The number of pyridine rings is 1. The molecule has 0 fully saturated rings. The van der Waals surface area contributed by atoms with Crippen LogP contribution in [0, 0.1) is 0 Å². The normalized spacial score (nSPS) is 9.86. The highest BCUT2D eigenvalue weighted by molar-refractivity contribution is 6.05. The first-order valence-corrected chi connectivity index (χ1v) is 6.21. The quantitative estimate of drug-likeness (QED) is 0.914. The lowest BCUT2D eigenvalue weighted by Crippen LogP contribution is -2.13. The Bertz CT molecular complexity index is 643. The summed E-state index contributed by atoms with van der Waals surface area (Å²) >= 11 is 0. The molecule has 0 aliphatic carbocycles. The van der Waals surface area contributed by atoms with Crippen molar-refractivity contribution in [2.45, 2.75) is 0 Å². The average Bonchev–Trinajstić information content (AvgIpc) is 2.54. The second-order valence-electron chi connectivity index (χ2n) is 4.11. The zero-order valence-corrected chi connectivity index (χ0v) is 12.0. The van der Waals surface area contributed by atoms with Crippen LogP contribution in [0.15, 0.2) is 36.5 Å². The summed E-state index contributed by atoms with van der Waals surface area (Å²) in [5, 5.41) is 2.78. The molecule has 110 valence electrons. The van der Waals surface area contributed by atoms with Gasteiger partial charge in [0.05, 0.1) is 27.0 Å². The Morgan fingerprint density at radius 3 is 2.52 bits per heavy atom. The number of nitrogens with zero attached hydrogens (tertiary/aromatic N) is 1. The number of methoxy groups -OCH3 is 3. The van der Waals surface area contributed by atoms with E-state index in [-0.39, 0.29) is 5.91 Å². The second kappa shape index (κ2) is 6.60. The molecule has 1 aromatic carbocycles. The van der Waals surface area contributed by atoms with E-state index in [1.54, 1.807) is 37.4 Å². The van der Waals surface area contributed by atoms with Crippen molar-refractivity contribution in [1.82, 2.24) is 4.98 Å². The number of ether oxygens (including phenoxy) is 3. The molecule has 1 aromatic heterocycles. The van der Waals surface area contributed by atoms with Crippen LogP contribution >= 0.6 is 0 Å². The fourth-order valence-corrected chi connectivity index (χ4v) is 1.77. The summed E-state index contributed by atoms with van der Waals surface area (Å²) in [5.41, 5.74) is 0.962. The van der Waals surface area contributed by atoms with E-state index < -0.39 is 0 Å². The molecule has 0 saturated heterocycles. The number of nitrogens with one attached hydrogen (secondary N) is 1. The molecular weight excluding hydrogens is 272 g/mol. The molecule has 21 heavy (non-hydrogen) atoms. The third kappa shape index (κ3) is 3.42. The molecular formula is C15H16N2O4. The summed E-state index contributed by atoms with van der Waals surface area (Å²) in [6.07, 6.45) is 1.51. The topological polar surface area (TPSA) is 69.7 Å². The number of carbonyl (C=O) groups is 1. The van der Waals surface area contributed by atoms with Crippen molar-refractivity contribution in [3.8, 4) is 17.4 Å². The predicted octanol–water partition coefficient (Wildman–Crippen LogP) is 2.36. The first kappa shape index (κ1) is 14.6. The maximum atomic E-state index is 12.3. The van der Waals surface area contributed by atoms with E-state index in [2.05, 4.69) is 10.3 Å². The first-order valence-electron chi connectivity index (χ1n) is 6.21. The SMILES string of the molecule is COc1ccc(OC)c(NC(=O)c2ccnc(OC)c2)c1. The third-order valence-electron chi connectivity index (χ3n) is 2.86. The van der Waals surface area contributed by atoms with Crippen LogP contribution in [-0.4, -0.2) is 32.2 Å². The molecule has 0 spiro atoms. The first-order chi connectivity index (χ1) is 10.2. The number of amides is 1. The highest BCUT2D eigenvalue weighted by Crippen LogP contribution is 2.29. The van der Waals surface area contributed by atoms with Crippen LogP contribution in [0.2, 0.25) is 0 Å². The lowest BCUT2D eigenvalue weighted by molar-refractivity contribution is 0.102. The van der Waals surface area contributed by atoms with Crippen LogP contribution in [-0.2, 0) is 0 Å². The molecule has 1 amide bonds. The zero-order chi connectivity index (χ0) is 15.2. The summed E-state index contributed by atoms with van der Waals surface area (Å²) in [5.74, 6) is 1.26. The van der Waals surface area contributed by atoms with Gasteiger partial charge in [-0.3, -0.25) is 4.79 Å². The second-order valence-corrected chi connectivity index (χ2v) is 4.11. The lowest BCUT2D eigenvalue weighted by Gasteiger charge is -2.12. The largest absolute Gasteiger partial charge is 0.497 e. The Morgan fingerprint density at radius 2 is 1.86 bits per heavy atom. The fraction of sp³-hybridized carbons (Fsp3) is 0.200. The van der Waals surface area contributed by atoms with E-state index >= 15 is 0 Å². The van der Waals surface area contributed by atoms with Gasteiger partial charge in [-0.25, -0.2) is 4.98 Å². The van der Waals surface area contributed by atoms with Crippen LogP contribution in [0.5, 0.6) is 17.4 Å². The summed E-state index contributed by atoms with van der Waals surface area (Å²) in [4.78, 5) is 16.2. The van der Waals surface area contributed by atoms with Crippen molar-refractivity contribution in [3.05, 3.63) is 42.1 Å². The molecule has 2 aromatic rings. The molecule has 6 nitrogen and oxygen atoms in total. The number of hydrogen-bond donors (Lipinski definition) is 1. The van der Waals surface area contributed by atoms with E-state index in [1.807, 2.05) is 0 Å². The van der Waals surface area contributed by atoms with Crippen LogP contribution in [0.3, 0.4) is 0 Å². The van der Waals surface area contributed by atoms with E-state index in [0.29, 0.717) is 28.6 Å². The minimum absolute atomic E-state index is 0.290. The summed E-state index contributed by atoms with van der Waals surface area (Å²) in [6, 6.07) is 8.33. The van der Waals surface area contributed by atoms with Gasteiger partial charge < -0.3 is 19.5 Å². The van der Waals surface area contributed by atoms with Gasteiger partial charge in [0, 0.05) is 23.9 Å². The molecule has 1 N–H and O–H groups in total. The Kier molecular flexibility index (Phi) is 4.61. The average molecular weight is 288 g/mol. The number of hydrogen-bond acceptors (Lipinski definition) is 5. The minimum atomic E-state index is -0.290. The third-order valence-corrected chi connectivity index (χ3v) is 2.86. The van der Waals surface area contributed by atoms with Crippen LogP contribution in [0.25, 0.3) is 0 Å². The van der Waals surface area contributed by atoms with Crippen LogP contribution < -0.4 is 19.5 Å². The maximum Gasteiger partial charge on any atom is 0.256 e. The van der Waals surface area contributed by atoms with Gasteiger partial charge in [0.15, 0.2) is 0 Å². The molecule has 0 saturated carbocycles. The highest BCUT2D eigenvalue weighted by Gasteiger charge is 2.12. The fourth-order valence-electron chi connectivity index (χ4n) is 1.77. The Hall–Kier alpha value is -2.76. The predicted molar refractivity (Wildman–Crippen MR) is 78.3 cm³/mol. The summed E-state index contributed by atoms with van der Waals surface area (Å²) in [7, 11) is 4.59. The highest BCUT2D eigenvalue weighted by atomic mass is 16.5. The van der Waals surface area contributed by atoms with E-state index in [9.17, 15) is 4.79 Å². The van der Waals surface area contributed by atoms with Crippen molar-refractivity contribution < 1.29 is 19.0 Å². The molecule has 2 rings (SSSR count). The van der Waals surface area contributed by atoms with Gasteiger partial charge in [-0.05, 0) is 18.2 Å². The van der Waals surface area contributed by atoms with Crippen LogP contribution in [0.4, 0.5) is 5.69 Å². The molecule has 0 atom stereocenters. The van der Waals surface area contributed by atoms with Gasteiger partial charge in [0.25, 0.3) is 5.91 Å². The smallest absolute Gasteiger partial charge is 0.256 e. The van der Waals surface area contributed by atoms with E-state index in [4.69, 9.17) is 14.2 Å². The van der Waals surface area contributed by atoms with Gasteiger partial charge in [-0.2, -0.15) is 0 Å². The molecule has 0 aliphatic heterocycles. The minimum Gasteiger partial charge on any atom is -0.497 e. The van der Waals surface area contributed by atoms with E-state index in [1.165, 1.54) is 20.4 Å². The summed E-state index contributed by atoms with van der Waals surface area (Å²) < 4.78 is 15.4. The van der Waals surface area contributed by atoms with Gasteiger partial charge >= 0.3 is 0 Å². The molecule has 0 unspecified atom stereocenters. The molecule has 0 bridgehead atoms. The molecule has 6 heteroatoms. The van der Waals surface area contributed by atoms with Crippen molar-refractivity contribution in [2.24, 2.45) is 0 Å². The number of benzene rings is 1. The van der Waals surface area contributed by atoms with Gasteiger partial charge in [0.1, 0.15) is 11.5 Å². The summed E-state index contributed by atoms with van der Waals surface area (Å²) in [6.45, 7) is 0. The Morgan fingerprint density at radius 1 is 1.05 bits per heavy atom. The van der Waals surface area contributed by atoms with Crippen LogP contribution in [0.1, 0.15) is 10.4 Å². The van der Waals surface area contributed by atoms with Crippen molar-refractivity contribution >= 4 is 11.6 Å². The van der Waals surface area contributed by atoms with Gasteiger partial charge in [-0.15, -0.1) is 0 Å². The standard InChI is InChI=1S/C15H16N2O4/c1-19-11-4-5-13(20-2)12(9-11)17-15(18)10-6-7-16-14(8-10)21-3/h4-9H,1-3H3,(H,17,18). The van der Waals surface area contributed by atoms with Crippen molar-refractivity contribution in [3.63, 3.8) is 0 Å². The Balaban J connectivity index is 2.25. The lowest BCUT2D eigenvalue weighted by atomic mass is 10.2. The monoisotopic (exact) mass is 288 g/mol. The number of aromatic nitrogens is 1. The molecule has 0 radical (unpaired) electrons. The van der Waals surface area contributed by atoms with Gasteiger partial charge in [0.2, 0.25) is 5.88 Å². The van der Waals surface area contributed by atoms with Crippen molar-refractivity contribution in [2.75, 3.05) is 26.6 Å². The molecule has 1 heterocycles. The number of rotatable bonds is 5. The van der Waals surface area contributed by atoms with Crippen molar-refractivity contribution in [1.29, 1.82) is 0 Å². The van der Waals surface area contributed by atoms with E-state index in [0.717, 1.165) is 0 Å². The zero-order valence-electron chi connectivity index (χ0n) is 12.0. The Labute approximate surface area is 122 Å². The maximum absolute atomic E-state index is 12.3.